The molecule has 4 heterocycles. The van der Waals surface area contributed by atoms with Gasteiger partial charge in [0, 0.05) is 43.2 Å². The van der Waals surface area contributed by atoms with Crippen LogP contribution in [0.25, 0.3) is 11.1 Å². The Morgan fingerprint density at radius 1 is 1.07 bits per heavy atom. The molecule has 5 rings (SSSR count). The number of alkyl halides is 3. The smallest absolute Gasteiger partial charge is 0.433 e. The monoisotopic (exact) mass is 604 g/mol. The van der Waals surface area contributed by atoms with Crippen molar-refractivity contribution in [3.05, 3.63) is 65.5 Å². The average molecular weight is 605 g/mol. The van der Waals surface area contributed by atoms with E-state index in [2.05, 4.69) is 15.2 Å². The third kappa shape index (κ3) is 8.63. The van der Waals surface area contributed by atoms with Crippen molar-refractivity contribution in [2.45, 2.75) is 38.7 Å². The minimum atomic E-state index is -4.65. The molecular formula is C30H35F3N4O6. The molecule has 232 valence electrons. The van der Waals surface area contributed by atoms with E-state index in [0.29, 0.717) is 57.7 Å². The van der Waals surface area contributed by atoms with Crippen LogP contribution in [0.1, 0.15) is 40.9 Å². The SMILES string of the molecule is Cc1ccc(NC(=O)c2ccnc(C(F)(F)F)c2)cc1-c1cc(OCCOC2CCCCO2)nc(N2CCOCC2)c1.O. The molecule has 2 aliphatic rings. The summed E-state index contributed by atoms with van der Waals surface area (Å²) >= 11 is 0. The van der Waals surface area contributed by atoms with Crippen molar-refractivity contribution < 1.29 is 42.4 Å². The standard InChI is InChI=1S/C30H33F3N4O5.H2O/c1-20-5-6-23(35-29(38)21-7-8-34-25(16-21)30(31,32)33)19-24(20)22-17-26(37-9-12-39-13-10-37)36-27(18-22)40-14-15-42-28-4-2-3-11-41-28;/h5-8,16-19,28H,2-4,9-15H2,1H3,(H,35,38);1H2. The molecule has 0 spiro atoms. The van der Waals surface area contributed by atoms with Crippen molar-refractivity contribution in [3.63, 3.8) is 0 Å². The number of pyridine rings is 2. The fourth-order valence-corrected chi connectivity index (χ4v) is 4.78. The van der Waals surface area contributed by atoms with E-state index >= 15 is 0 Å². The first-order chi connectivity index (χ1) is 20.3. The van der Waals surface area contributed by atoms with Crippen molar-refractivity contribution >= 4 is 17.4 Å². The maximum Gasteiger partial charge on any atom is 0.433 e. The van der Waals surface area contributed by atoms with E-state index in [1.807, 2.05) is 25.1 Å². The van der Waals surface area contributed by atoms with Crippen LogP contribution in [-0.2, 0) is 20.4 Å². The number of nitrogens with one attached hydrogen (secondary N) is 1. The molecule has 3 aromatic rings. The van der Waals surface area contributed by atoms with Gasteiger partial charge >= 0.3 is 6.18 Å². The van der Waals surface area contributed by atoms with Gasteiger partial charge < -0.3 is 34.6 Å². The molecule has 1 aromatic carbocycles. The quantitative estimate of drug-likeness (QED) is 0.350. The molecule has 2 aliphatic heterocycles. The third-order valence-corrected chi connectivity index (χ3v) is 7.02. The molecule has 0 aliphatic carbocycles. The minimum Gasteiger partial charge on any atom is -0.475 e. The van der Waals surface area contributed by atoms with Crippen LogP contribution in [0, 0.1) is 6.92 Å². The Hall–Kier alpha value is -3.78. The Bertz CT molecular complexity index is 1380. The second kappa shape index (κ2) is 14.6. The molecular weight excluding hydrogens is 569 g/mol. The Labute approximate surface area is 247 Å². The lowest BCUT2D eigenvalue weighted by Gasteiger charge is -2.28. The van der Waals surface area contributed by atoms with Gasteiger partial charge in [-0.15, -0.1) is 0 Å². The molecule has 2 aromatic heterocycles. The highest BCUT2D eigenvalue weighted by molar-refractivity contribution is 6.04. The summed E-state index contributed by atoms with van der Waals surface area (Å²) < 4.78 is 62.2. The first-order valence-electron chi connectivity index (χ1n) is 13.9. The van der Waals surface area contributed by atoms with Crippen molar-refractivity contribution in [2.24, 2.45) is 0 Å². The zero-order valence-electron chi connectivity index (χ0n) is 23.8. The van der Waals surface area contributed by atoms with Gasteiger partial charge in [-0.05, 0) is 73.2 Å². The van der Waals surface area contributed by atoms with Crippen LogP contribution in [0.15, 0.2) is 48.7 Å². The first-order valence-corrected chi connectivity index (χ1v) is 13.9. The van der Waals surface area contributed by atoms with Crippen molar-refractivity contribution in [2.75, 3.05) is 56.3 Å². The summed E-state index contributed by atoms with van der Waals surface area (Å²) in [5.41, 5.74) is 1.71. The van der Waals surface area contributed by atoms with Crippen LogP contribution in [0.4, 0.5) is 24.7 Å². The zero-order chi connectivity index (χ0) is 29.5. The Balaban J connectivity index is 0.00000423. The molecule has 2 saturated heterocycles. The third-order valence-electron chi connectivity index (χ3n) is 7.02. The average Bonchev–Trinajstić information content (AvgIpc) is 3.01. The number of nitrogens with zero attached hydrogens (tertiary/aromatic N) is 3. The summed E-state index contributed by atoms with van der Waals surface area (Å²) in [6, 6.07) is 11.1. The van der Waals surface area contributed by atoms with Gasteiger partial charge in [-0.25, -0.2) is 0 Å². The topological polar surface area (TPSA) is 127 Å². The summed E-state index contributed by atoms with van der Waals surface area (Å²) in [6.45, 7) is 5.82. The lowest BCUT2D eigenvalue weighted by molar-refractivity contribution is -0.165. The predicted molar refractivity (Wildman–Crippen MR) is 153 cm³/mol. The molecule has 1 unspecified atom stereocenters. The number of hydrogen-bond donors (Lipinski definition) is 1. The maximum absolute atomic E-state index is 13.1. The lowest BCUT2D eigenvalue weighted by Crippen LogP contribution is -2.36. The Kier molecular flexibility index (Phi) is 10.9. The number of aryl methyl sites for hydroxylation is 1. The number of rotatable bonds is 9. The highest BCUT2D eigenvalue weighted by atomic mass is 19.4. The van der Waals surface area contributed by atoms with E-state index in [1.54, 1.807) is 12.1 Å². The van der Waals surface area contributed by atoms with Crippen molar-refractivity contribution in [1.82, 2.24) is 9.97 Å². The second-order valence-electron chi connectivity index (χ2n) is 10.1. The minimum absolute atomic E-state index is 0. The number of halogens is 3. The van der Waals surface area contributed by atoms with Gasteiger partial charge in [0.15, 0.2) is 6.29 Å². The van der Waals surface area contributed by atoms with E-state index in [1.165, 1.54) is 6.07 Å². The lowest BCUT2D eigenvalue weighted by atomic mass is 10.00. The predicted octanol–water partition coefficient (Wildman–Crippen LogP) is 4.66. The van der Waals surface area contributed by atoms with Gasteiger partial charge in [0.2, 0.25) is 5.88 Å². The Morgan fingerprint density at radius 2 is 1.88 bits per heavy atom. The molecule has 0 bridgehead atoms. The molecule has 1 atom stereocenters. The molecule has 43 heavy (non-hydrogen) atoms. The molecule has 0 radical (unpaired) electrons. The summed E-state index contributed by atoms with van der Waals surface area (Å²) in [5, 5.41) is 2.70. The Morgan fingerprint density at radius 3 is 2.63 bits per heavy atom. The molecule has 10 nitrogen and oxygen atoms in total. The normalized spacial score (nSPS) is 17.2. The van der Waals surface area contributed by atoms with Crippen LogP contribution >= 0.6 is 0 Å². The fraction of sp³-hybridized carbons (Fsp3) is 0.433. The number of amides is 1. The van der Waals surface area contributed by atoms with E-state index < -0.39 is 17.8 Å². The fourth-order valence-electron chi connectivity index (χ4n) is 4.78. The van der Waals surface area contributed by atoms with E-state index in [-0.39, 0.29) is 17.3 Å². The van der Waals surface area contributed by atoms with Crippen LogP contribution in [0.2, 0.25) is 0 Å². The number of carbonyl (C=O) groups excluding carboxylic acids is 1. The number of ether oxygens (including phenoxy) is 4. The van der Waals surface area contributed by atoms with Crippen molar-refractivity contribution in [3.8, 4) is 17.0 Å². The number of carbonyl (C=O) groups is 1. The molecule has 1 amide bonds. The molecule has 2 fully saturated rings. The number of aromatic nitrogens is 2. The number of morpholine rings is 1. The first kappa shape index (κ1) is 32.1. The van der Waals surface area contributed by atoms with Gasteiger partial charge in [0.1, 0.15) is 18.1 Å². The number of anilines is 2. The summed E-state index contributed by atoms with van der Waals surface area (Å²) in [5.74, 6) is 0.479. The zero-order valence-corrected chi connectivity index (χ0v) is 23.8. The number of hydrogen-bond acceptors (Lipinski definition) is 8. The number of benzene rings is 1. The van der Waals surface area contributed by atoms with Gasteiger partial charge in [-0.2, -0.15) is 18.2 Å². The summed E-state index contributed by atoms with van der Waals surface area (Å²) in [6.07, 6.45) is -0.901. The van der Waals surface area contributed by atoms with Crippen molar-refractivity contribution in [1.29, 1.82) is 0 Å². The molecule has 3 N–H and O–H groups in total. The van der Waals surface area contributed by atoms with Crippen LogP contribution in [0.3, 0.4) is 0 Å². The van der Waals surface area contributed by atoms with Gasteiger partial charge in [0.05, 0.1) is 19.8 Å². The van der Waals surface area contributed by atoms with Gasteiger partial charge in [0.25, 0.3) is 5.91 Å². The van der Waals surface area contributed by atoms with Crippen LogP contribution < -0.4 is 15.0 Å². The van der Waals surface area contributed by atoms with E-state index in [0.717, 1.165) is 54.0 Å². The van der Waals surface area contributed by atoms with Crippen LogP contribution in [0.5, 0.6) is 5.88 Å². The van der Waals surface area contributed by atoms with Gasteiger partial charge in [-0.3, -0.25) is 9.78 Å². The maximum atomic E-state index is 13.1. The molecule has 13 heteroatoms. The van der Waals surface area contributed by atoms with Crippen LogP contribution in [-0.4, -0.2) is 73.8 Å². The summed E-state index contributed by atoms with van der Waals surface area (Å²) in [7, 11) is 0. The molecule has 0 saturated carbocycles. The largest absolute Gasteiger partial charge is 0.475 e. The highest BCUT2D eigenvalue weighted by Gasteiger charge is 2.33. The van der Waals surface area contributed by atoms with E-state index in [9.17, 15) is 18.0 Å². The van der Waals surface area contributed by atoms with E-state index in [4.69, 9.17) is 23.9 Å². The highest BCUT2D eigenvalue weighted by Crippen LogP contribution is 2.33. The van der Waals surface area contributed by atoms with Gasteiger partial charge in [-0.1, -0.05) is 6.07 Å². The summed E-state index contributed by atoms with van der Waals surface area (Å²) in [4.78, 5) is 23.0. The second-order valence-corrected chi connectivity index (χ2v) is 10.1.